The van der Waals surface area contributed by atoms with Gasteiger partial charge >= 0.3 is 0 Å². The molecule has 1 atom stereocenters. The van der Waals surface area contributed by atoms with Crippen molar-refractivity contribution in [3.8, 4) is 0 Å². The van der Waals surface area contributed by atoms with E-state index >= 15 is 0 Å². The van der Waals surface area contributed by atoms with Gasteiger partial charge in [-0.1, -0.05) is 0 Å². The molecule has 1 N–H and O–H groups in total. The van der Waals surface area contributed by atoms with Gasteiger partial charge in [-0.05, 0) is 19.2 Å². The summed E-state index contributed by atoms with van der Waals surface area (Å²) in [7, 11) is -3.18. The lowest BCUT2D eigenvalue weighted by molar-refractivity contribution is -0.120. The number of amides is 1. The highest BCUT2D eigenvalue weighted by atomic mass is 32.2. The molecule has 0 bridgehead atoms. The summed E-state index contributed by atoms with van der Waals surface area (Å²) in [5.74, 6) is -0.0220. The predicted octanol–water partition coefficient (Wildman–Crippen LogP) is 0.0260. The SMILES string of the molecule is CSC(C)C(=O)NCc1cc2n(n1)CCN(S(C)(=O)=O)C2. The molecular formula is C12H20N4O3S2. The van der Waals surface area contributed by atoms with Gasteiger partial charge in [0.25, 0.3) is 0 Å². The van der Waals surface area contributed by atoms with Gasteiger partial charge in [0.15, 0.2) is 0 Å². The Bertz CT molecular complexity index is 626. The number of hydrogen-bond donors (Lipinski definition) is 1. The van der Waals surface area contributed by atoms with Crippen LogP contribution < -0.4 is 5.32 Å². The molecule has 0 saturated heterocycles. The van der Waals surface area contributed by atoms with Crippen LogP contribution in [0.1, 0.15) is 18.3 Å². The number of rotatable bonds is 5. The van der Waals surface area contributed by atoms with Crippen LogP contribution in [0.25, 0.3) is 0 Å². The third-order valence-corrected chi connectivity index (χ3v) is 5.62. The number of nitrogens with one attached hydrogen (secondary N) is 1. The number of nitrogens with zero attached hydrogens (tertiary/aromatic N) is 3. The molecule has 0 fully saturated rings. The maximum atomic E-state index is 11.7. The molecule has 1 unspecified atom stereocenters. The van der Waals surface area contributed by atoms with Crippen molar-refractivity contribution in [3.05, 3.63) is 17.5 Å². The summed E-state index contributed by atoms with van der Waals surface area (Å²) in [6.07, 6.45) is 3.10. The highest BCUT2D eigenvalue weighted by Gasteiger charge is 2.24. The first-order chi connectivity index (χ1) is 9.81. The summed E-state index contributed by atoms with van der Waals surface area (Å²) in [5.41, 5.74) is 1.61. The van der Waals surface area contributed by atoms with Gasteiger partial charge in [0.05, 0.1) is 42.5 Å². The van der Waals surface area contributed by atoms with E-state index in [4.69, 9.17) is 0 Å². The third-order valence-electron chi connectivity index (χ3n) is 3.45. The molecule has 7 nitrogen and oxygen atoms in total. The van der Waals surface area contributed by atoms with Crippen LogP contribution in [0.2, 0.25) is 0 Å². The Labute approximate surface area is 129 Å². The summed E-state index contributed by atoms with van der Waals surface area (Å²) < 4.78 is 26.4. The highest BCUT2D eigenvalue weighted by molar-refractivity contribution is 7.99. The number of fused-ring (bicyclic) bond motifs is 1. The summed E-state index contributed by atoms with van der Waals surface area (Å²) in [6.45, 7) is 3.52. The smallest absolute Gasteiger partial charge is 0.233 e. The average Bonchev–Trinajstić information content (AvgIpc) is 2.84. The van der Waals surface area contributed by atoms with Gasteiger partial charge in [0.1, 0.15) is 0 Å². The first kappa shape index (κ1) is 16.3. The van der Waals surface area contributed by atoms with Crippen LogP contribution in [-0.4, -0.2) is 52.7 Å². The number of carbonyl (C=O) groups is 1. The van der Waals surface area contributed by atoms with E-state index in [9.17, 15) is 13.2 Å². The van der Waals surface area contributed by atoms with E-state index in [2.05, 4.69) is 10.4 Å². The van der Waals surface area contributed by atoms with Crippen molar-refractivity contribution in [1.82, 2.24) is 19.4 Å². The molecule has 0 radical (unpaired) electrons. The first-order valence-electron chi connectivity index (χ1n) is 6.62. The van der Waals surface area contributed by atoms with E-state index in [-0.39, 0.29) is 11.2 Å². The zero-order valence-corrected chi connectivity index (χ0v) is 14.0. The molecular weight excluding hydrogens is 312 g/mol. The Hall–Kier alpha value is -1.06. The van der Waals surface area contributed by atoms with Crippen LogP contribution in [0.3, 0.4) is 0 Å². The van der Waals surface area contributed by atoms with Crippen LogP contribution in [0.5, 0.6) is 0 Å². The Morgan fingerprint density at radius 1 is 1.52 bits per heavy atom. The van der Waals surface area contributed by atoms with Gasteiger partial charge < -0.3 is 5.32 Å². The van der Waals surface area contributed by atoms with E-state index in [1.807, 2.05) is 19.2 Å². The lowest BCUT2D eigenvalue weighted by Gasteiger charge is -2.25. The minimum Gasteiger partial charge on any atom is -0.349 e. The van der Waals surface area contributed by atoms with E-state index in [1.165, 1.54) is 22.3 Å². The van der Waals surface area contributed by atoms with Crippen molar-refractivity contribution >= 4 is 27.7 Å². The summed E-state index contributed by atoms with van der Waals surface area (Å²) in [5, 5.41) is 7.14. The quantitative estimate of drug-likeness (QED) is 0.822. The molecule has 0 saturated carbocycles. The van der Waals surface area contributed by atoms with Crippen molar-refractivity contribution in [2.45, 2.75) is 31.8 Å². The Kier molecular flexibility index (Phi) is 4.95. The van der Waals surface area contributed by atoms with Crippen LogP contribution in [0, 0.1) is 0 Å². The Morgan fingerprint density at radius 3 is 2.86 bits per heavy atom. The molecule has 0 spiro atoms. The van der Waals surface area contributed by atoms with Gasteiger partial charge in [-0.2, -0.15) is 21.2 Å². The highest BCUT2D eigenvalue weighted by Crippen LogP contribution is 2.16. The standard InChI is InChI=1S/C12H20N4O3S2/c1-9(20-2)12(17)13-7-10-6-11-8-15(21(3,18)19)4-5-16(11)14-10/h6,9H,4-5,7-8H2,1-3H3,(H,13,17). The summed E-state index contributed by atoms with van der Waals surface area (Å²) >= 11 is 1.49. The molecule has 1 aliphatic heterocycles. The number of thioether (sulfide) groups is 1. The zero-order chi connectivity index (χ0) is 15.6. The molecule has 1 aromatic rings. The number of hydrogen-bond acceptors (Lipinski definition) is 5. The molecule has 9 heteroatoms. The monoisotopic (exact) mass is 332 g/mol. The molecule has 118 valence electrons. The lowest BCUT2D eigenvalue weighted by atomic mass is 10.3. The Balaban J connectivity index is 2.00. The topological polar surface area (TPSA) is 84.3 Å². The first-order valence-corrected chi connectivity index (χ1v) is 9.76. The molecule has 2 heterocycles. The third kappa shape index (κ3) is 3.98. The van der Waals surface area contributed by atoms with Gasteiger partial charge in [-0.25, -0.2) is 8.42 Å². The fraction of sp³-hybridized carbons (Fsp3) is 0.667. The zero-order valence-electron chi connectivity index (χ0n) is 12.4. The van der Waals surface area contributed by atoms with Crippen molar-refractivity contribution in [2.24, 2.45) is 0 Å². The van der Waals surface area contributed by atoms with E-state index in [1.54, 1.807) is 4.68 Å². The van der Waals surface area contributed by atoms with Crippen molar-refractivity contribution in [2.75, 3.05) is 19.1 Å². The average molecular weight is 332 g/mol. The van der Waals surface area contributed by atoms with Crippen LogP contribution >= 0.6 is 11.8 Å². The van der Waals surface area contributed by atoms with Crippen LogP contribution in [0.4, 0.5) is 0 Å². The molecule has 1 amide bonds. The van der Waals surface area contributed by atoms with E-state index in [0.29, 0.717) is 26.2 Å². The van der Waals surface area contributed by atoms with Crippen LogP contribution in [0.15, 0.2) is 6.07 Å². The number of carbonyl (C=O) groups excluding carboxylic acids is 1. The second kappa shape index (κ2) is 6.37. The molecule has 2 rings (SSSR count). The van der Waals surface area contributed by atoms with Gasteiger partial charge in [-0.3, -0.25) is 9.48 Å². The summed E-state index contributed by atoms with van der Waals surface area (Å²) in [4.78, 5) is 11.7. The molecule has 21 heavy (non-hydrogen) atoms. The fourth-order valence-corrected chi connectivity index (χ4v) is 3.18. The Morgan fingerprint density at radius 2 is 2.24 bits per heavy atom. The van der Waals surface area contributed by atoms with Gasteiger partial charge in [-0.15, -0.1) is 0 Å². The minimum absolute atomic E-state index is 0.0220. The van der Waals surface area contributed by atoms with Gasteiger partial charge in [0, 0.05) is 6.54 Å². The predicted molar refractivity (Wildman–Crippen MR) is 82.3 cm³/mol. The second-order valence-electron chi connectivity index (χ2n) is 5.04. The van der Waals surface area contributed by atoms with E-state index in [0.717, 1.165) is 11.4 Å². The molecule has 0 aliphatic carbocycles. The van der Waals surface area contributed by atoms with Gasteiger partial charge in [0.2, 0.25) is 15.9 Å². The minimum atomic E-state index is -3.18. The molecule has 1 aromatic heterocycles. The van der Waals surface area contributed by atoms with E-state index < -0.39 is 10.0 Å². The maximum absolute atomic E-state index is 11.7. The summed E-state index contributed by atoms with van der Waals surface area (Å²) in [6, 6.07) is 1.85. The number of sulfonamides is 1. The number of aromatic nitrogens is 2. The van der Waals surface area contributed by atoms with Crippen molar-refractivity contribution in [1.29, 1.82) is 0 Å². The van der Waals surface area contributed by atoms with Crippen LogP contribution in [-0.2, 0) is 34.5 Å². The fourth-order valence-electron chi connectivity index (χ4n) is 2.10. The molecule has 0 aromatic carbocycles. The lowest BCUT2D eigenvalue weighted by Crippen LogP contribution is -2.37. The second-order valence-corrected chi connectivity index (χ2v) is 8.20. The van der Waals surface area contributed by atoms with Crippen molar-refractivity contribution in [3.63, 3.8) is 0 Å². The molecule has 1 aliphatic rings. The van der Waals surface area contributed by atoms with Crippen molar-refractivity contribution < 1.29 is 13.2 Å². The largest absolute Gasteiger partial charge is 0.349 e. The maximum Gasteiger partial charge on any atom is 0.233 e. The normalized spacial score (nSPS) is 17.3.